The minimum Gasteiger partial charge on any atom is -0.309 e. The van der Waals surface area contributed by atoms with E-state index in [2.05, 4.69) is 204 Å². The third-order valence-electron chi connectivity index (χ3n) is 10.4. The zero-order valence-electron chi connectivity index (χ0n) is 28.3. The van der Waals surface area contributed by atoms with Crippen LogP contribution in [-0.2, 0) is 0 Å². The molecule has 8 aromatic carbocycles. The van der Waals surface area contributed by atoms with Crippen LogP contribution in [0.4, 0.5) is 0 Å². The highest BCUT2D eigenvalue weighted by Crippen LogP contribution is 2.39. The number of aromatic nitrogens is 2. The van der Waals surface area contributed by atoms with E-state index in [1.807, 2.05) is 0 Å². The highest BCUT2D eigenvalue weighted by molar-refractivity contribution is 6.13. The number of rotatable bonds is 5. The van der Waals surface area contributed by atoms with E-state index >= 15 is 0 Å². The molecule has 0 aliphatic rings. The summed E-state index contributed by atoms with van der Waals surface area (Å²) in [6.07, 6.45) is 0. The van der Waals surface area contributed by atoms with Crippen LogP contribution < -0.4 is 0 Å². The van der Waals surface area contributed by atoms with Crippen molar-refractivity contribution < 1.29 is 0 Å². The monoisotopic (exact) mass is 650 g/mol. The van der Waals surface area contributed by atoms with Crippen LogP contribution in [0.2, 0.25) is 0 Å². The molecule has 240 valence electrons. The second kappa shape index (κ2) is 11.8. The van der Waals surface area contributed by atoms with Gasteiger partial charge in [-0.15, -0.1) is 0 Å². The predicted octanol–water partition coefficient (Wildman–Crippen LogP) is 13.2. The van der Waals surface area contributed by atoms with Crippen molar-refractivity contribution in [2.24, 2.45) is 0 Å². The van der Waals surface area contributed by atoms with Crippen molar-refractivity contribution in [1.29, 1.82) is 0 Å². The number of hydrogen-bond acceptors (Lipinski definition) is 0. The maximum Gasteiger partial charge on any atom is 0.0543 e. The van der Waals surface area contributed by atoms with Crippen molar-refractivity contribution >= 4 is 43.6 Å². The van der Waals surface area contributed by atoms with Gasteiger partial charge < -0.3 is 9.13 Å². The van der Waals surface area contributed by atoms with Crippen LogP contribution in [0.1, 0.15) is 5.56 Å². The van der Waals surface area contributed by atoms with Gasteiger partial charge in [0.25, 0.3) is 0 Å². The molecule has 0 aliphatic carbocycles. The van der Waals surface area contributed by atoms with Crippen LogP contribution in [0.5, 0.6) is 0 Å². The zero-order valence-corrected chi connectivity index (χ0v) is 28.3. The Kier molecular flexibility index (Phi) is 6.75. The fourth-order valence-corrected chi connectivity index (χ4v) is 7.93. The van der Waals surface area contributed by atoms with Gasteiger partial charge >= 0.3 is 0 Å². The van der Waals surface area contributed by atoms with E-state index in [4.69, 9.17) is 0 Å². The first-order valence-electron chi connectivity index (χ1n) is 17.6. The molecule has 51 heavy (non-hydrogen) atoms. The quantitative estimate of drug-likeness (QED) is 0.175. The second-order valence-electron chi connectivity index (χ2n) is 13.5. The first-order valence-corrected chi connectivity index (χ1v) is 17.6. The van der Waals surface area contributed by atoms with Crippen LogP contribution in [0.25, 0.3) is 88.4 Å². The molecule has 0 spiro atoms. The number of aryl methyl sites for hydroxylation is 1. The third kappa shape index (κ3) is 4.87. The molecule has 0 N–H and O–H groups in total. The lowest BCUT2D eigenvalue weighted by Gasteiger charge is -2.11. The van der Waals surface area contributed by atoms with Gasteiger partial charge in [0, 0.05) is 32.9 Å². The van der Waals surface area contributed by atoms with Crippen LogP contribution >= 0.6 is 0 Å². The molecule has 2 nitrogen and oxygen atoms in total. The summed E-state index contributed by atoms with van der Waals surface area (Å²) in [5.74, 6) is 0. The SMILES string of the molecule is Cc1ccc2c3cc(-c4ccc5c(c4)c4ccccc4n5-c4cccc(-c5ccccc5)c4)ccc3n(-c3cccc(-c4ccccc4)c3)c2c1. The highest BCUT2D eigenvalue weighted by atomic mass is 15.0. The summed E-state index contributed by atoms with van der Waals surface area (Å²) in [4.78, 5) is 0. The van der Waals surface area contributed by atoms with Crippen molar-refractivity contribution in [3.05, 3.63) is 194 Å². The number of nitrogens with zero attached hydrogens (tertiary/aromatic N) is 2. The number of para-hydroxylation sites is 1. The largest absolute Gasteiger partial charge is 0.309 e. The van der Waals surface area contributed by atoms with Gasteiger partial charge in [-0.3, -0.25) is 0 Å². The Labute approximate surface area is 297 Å². The van der Waals surface area contributed by atoms with Crippen LogP contribution in [0.15, 0.2) is 188 Å². The maximum absolute atomic E-state index is 2.42. The van der Waals surface area contributed by atoms with Gasteiger partial charge in [0.2, 0.25) is 0 Å². The van der Waals surface area contributed by atoms with Crippen molar-refractivity contribution in [3.63, 3.8) is 0 Å². The lowest BCUT2D eigenvalue weighted by atomic mass is 10.0. The molecule has 10 rings (SSSR count). The Morgan fingerprint density at radius 1 is 0.275 bits per heavy atom. The van der Waals surface area contributed by atoms with E-state index < -0.39 is 0 Å². The van der Waals surface area contributed by atoms with Gasteiger partial charge in [-0.1, -0.05) is 127 Å². The molecule has 0 bridgehead atoms. The summed E-state index contributed by atoms with van der Waals surface area (Å²) in [6.45, 7) is 2.18. The smallest absolute Gasteiger partial charge is 0.0543 e. The van der Waals surface area contributed by atoms with Crippen molar-refractivity contribution in [1.82, 2.24) is 9.13 Å². The summed E-state index contributed by atoms with van der Waals surface area (Å²) in [6, 6.07) is 68.6. The van der Waals surface area contributed by atoms with Crippen molar-refractivity contribution in [2.75, 3.05) is 0 Å². The molecule has 0 unspecified atom stereocenters. The molecular weight excluding hydrogens is 617 g/mol. The lowest BCUT2D eigenvalue weighted by Crippen LogP contribution is -1.95. The van der Waals surface area contributed by atoms with Gasteiger partial charge in [-0.2, -0.15) is 0 Å². The summed E-state index contributed by atoms with van der Waals surface area (Å²) in [5, 5.41) is 5.03. The summed E-state index contributed by atoms with van der Waals surface area (Å²) in [7, 11) is 0. The van der Waals surface area contributed by atoms with E-state index in [1.165, 1.54) is 88.2 Å². The molecule has 0 amide bonds. The summed E-state index contributed by atoms with van der Waals surface area (Å²) in [5.41, 5.74) is 15.7. The van der Waals surface area contributed by atoms with E-state index in [9.17, 15) is 0 Å². The molecule has 0 saturated heterocycles. The van der Waals surface area contributed by atoms with Gasteiger partial charge in [-0.05, 0) is 107 Å². The molecule has 0 atom stereocenters. The van der Waals surface area contributed by atoms with E-state index in [0.717, 1.165) is 5.69 Å². The van der Waals surface area contributed by atoms with Crippen molar-refractivity contribution in [2.45, 2.75) is 6.92 Å². The number of hydrogen-bond donors (Lipinski definition) is 0. The van der Waals surface area contributed by atoms with Crippen molar-refractivity contribution in [3.8, 4) is 44.8 Å². The minimum atomic E-state index is 1.16. The molecule has 2 heteroatoms. The van der Waals surface area contributed by atoms with Gasteiger partial charge in [0.15, 0.2) is 0 Å². The molecule has 0 saturated carbocycles. The second-order valence-corrected chi connectivity index (χ2v) is 13.5. The zero-order chi connectivity index (χ0) is 33.9. The first-order chi connectivity index (χ1) is 25.2. The van der Waals surface area contributed by atoms with Gasteiger partial charge in [0.05, 0.1) is 22.1 Å². The fourth-order valence-electron chi connectivity index (χ4n) is 7.93. The van der Waals surface area contributed by atoms with Gasteiger partial charge in [-0.25, -0.2) is 0 Å². The Morgan fingerprint density at radius 2 is 0.725 bits per heavy atom. The Balaban J connectivity index is 1.13. The summed E-state index contributed by atoms with van der Waals surface area (Å²) < 4.78 is 4.83. The van der Waals surface area contributed by atoms with Gasteiger partial charge in [0.1, 0.15) is 0 Å². The number of fused-ring (bicyclic) bond motifs is 6. The normalized spacial score (nSPS) is 11.6. The van der Waals surface area contributed by atoms with E-state index in [-0.39, 0.29) is 0 Å². The molecule has 0 fully saturated rings. The number of benzene rings is 8. The van der Waals surface area contributed by atoms with Crippen LogP contribution in [0.3, 0.4) is 0 Å². The minimum absolute atomic E-state index is 1.16. The summed E-state index contributed by atoms with van der Waals surface area (Å²) >= 11 is 0. The Bertz CT molecular complexity index is 2910. The fraction of sp³-hybridized carbons (Fsp3) is 0.0204. The predicted molar refractivity (Wildman–Crippen MR) is 216 cm³/mol. The average molecular weight is 651 g/mol. The molecule has 0 radical (unpaired) electrons. The third-order valence-corrected chi connectivity index (χ3v) is 10.4. The maximum atomic E-state index is 2.42. The lowest BCUT2D eigenvalue weighted by molar-refractivity contribution is 1.18. The first kappa shape index (κ1) is 29.3. The van der Waals surface area contributed by atoms with Crippen LogP contribution in [0, 0.1) is 6.92 Å². The molecule has 2 aromatic heterocycles. The van der Waals surface area contributed by atoms with Crippen LogP contribution in [-0.4, -0.2) is 9.13 Å². The molecule has 0 aliphatic heterocycles. The topological polar surface area (TPSA) is 9.86 Å². The van der Waals surface area contributed by atoms with E-state index in [1.54, 1.807) is 0 Å². The van der Waals surface area contributed by atoms with E-state index in [0.29, 0.717) is 0 Å². The highest BCUT2D eigenvalue weighted by Gasteiger charge is 2.17. The Hall–Kier alpha value is -6.64. The molecule has 2 heterocycles. The standard InChI is InChI=1S/C49H34N2/c1-33-22-25-43-45-32-39(24-27-48(45)51(49(43)28-33)41-19-11-17-37(30-41)35-14-6-3-7-15-35)38-23-26-47-44(31-38)42-20-8-9-21-46(42)50(47)40-18-10-16-36(29-40)34-12-4-2-5-13-34/h2-32H,1H3. The average Bonchev–Trinajstić information content (AvgIpc) is 3.70. The molecular formula is C49H34N2. The molecule has 10 aromatic rings. The Morgan fingerprint density at radius 3 is 1.31 bits per heavy atom.